The molecule has 0 spiro atoms. The molecule has 0 radical (unpaired) electrons. The van der Waals surface area contributed by atoms with Gasteiger partial charge in [-0.25, -0.2) is 4.68 Å². The minimum Gasteiger partial charge on any atom is -0.403 e. The number of allylic oxidation sites excluding steroid dienone is 1. The molecule has 0 fully saturated rings. The zero-order valence-electron chi connectivity index (χ0n) is 6.61. The van der Waals surface area contributed by atoms with Crippen LogP contribution in [0, 0.1) is 3.70 Å². The van der Waals surface area contributed by atoms with E-state index in [-0.39, 0.29) is 0 Å². The van der Waals surface area contributed by atoms with Crippen molar-refractivity contribution >= 4 is 34.5 Å². The molecule has 2 N–H and O–H groups in total. The van der Waals surface area contributed by atoms with E-state index in [9.17, 15) is 0 Å². The highest BCUT2D eigenvalue weighted by molar-refractivity contribution is 14.1. The second-order valence-electron chi connectivity index (χ2n) is 2.06. The maximum atomic E-state index is 5.38. The van der Waals surface area contributed by atoms with E-state index in [1.54, 1.807) is 17.9 Å². The highest BCUT2D eigenvalue weighted by atomic mass is 127. The third kappa shape index (κ3) is 2.07. The van der Waals surface area contributed by atoms with E-state index >= 15 is 0 Å². The Balaban J connectivity index is 2.96. The van der Waals surface area contributed by atoms with E-state index in [2.05, 4.69) is 32.7 Å². The third-order valence-corrected chi connectivity index (χ3v) is 1.83. The highest BCUT2D eigenvalue weighted by Crippen LogP contribution is 2.03. The standard InChI is InChI=1S/C7H9IN4/c1-10-5-6(4-9)12-3-2-7(8)11-12/h2-5H,9H2,1H3. The number of nitrogens with zero attached hydrogens (tertiary/aromatic N) is 3. The van der Waals surface area contributed by atoms with E-state index in [1.807, 2.05) is 12.3 Å². The fraction of sp³-hybridized carbons (Fsp3) is 0.143. The molecule has 0 saturated heterocycles. The van der Waals surface area contributed by atoms with E-state index in [0.717, 1.165) is 9.40 Å². The molecule has 5 heteroatoms. The summed E-state index contributed by atoms with van der Waals surface area (Å²) in [4.78, 5) is 3.86. The first-order valence-electron chi connectivity index (χ1n) is 3.33. The summed E-state index contributed by atoms with van der Waals surface area (Å²) in [5, 5.41) is 4.16. The van der Waals surface area contributed by atoms with Gasteiger partial charge in [-0.2, -0.15) is 5.10 Å². The van der Waals surface area contributed by atoms with Gasteiger partial charge in [0.2, 0.25) is 0 Å². The fourth-order valence-electron chi connectivity index (χ4n) is 0.756. The SMILES string of the molecule is CN=CC(=CN)n1ccc(I)n1. The minimum atomic E-state index is 0.764. The molecular formula is C7H9IN4. The molecule has 0 atom stereocenters. The molecule has 1 aromatic rings. The van der Waals surface area contributed by atoms with Crippen LogP contribution in [0.1, 0.15) is 0 Å². The number of halogens is 1. The van der Waals surface area contributed by atoms with Crippen molar-refractivity contribution in [1.82, 2.24) is 9.78 Å². The van der Waals surface area contributed by atoms with Crippen molar-refractivity contribution in [2.75, 3.05) is 7.05 Å². The number of hydrogen-bond acceptors (Lipinski definition) is 3. The van der Waals surface area contributed by atoms with Crippen LogP contribution < -0.4 is 5.73 Å². The molecule has 64 valence electrons. The minimum absolute atomic E-state index is 0.764. The van der Waals surface area contributed by atoms with Crippen LogP contribution in [0.4, 0.5) is 0 Å². The summed E-state index contributed by atoms with van der Waals surface area (Å²) in [6.07, 6.45) is 4.96. The van der Waals surface area contributed by atoms with Crippen LogP contribution >= 0.6 is 22.6 Å². The van der Waals surface area contributed by atoms with Gasteiger partial charge in [0.15, 0.2) is 0 Å². The summed E-state index contributed by atoms with van der Waals surface area (Å²) >= 11 is 2.13. The Labute approximate surface area is 84.3 Å². The predicted octanol–water partition coefficient (Wildman–Crippen LogP) is 0.945. The van der Waals surface area contributed by atoms with Crippen LogP contribution in [0.5, 0.6) is 0 Å². The van der Waals surface area contributed by atoms with Gasteiger partial charge >= 0.3 is 0 Å². The van der Waals surface area contributed by atoms with Crippen molar-refractivity contribution in [2.45, 2.75) is 0 Å². The Morgan fingerprint density at radius 3 is 3.00 bits per heavy atom. The van der Waals surface area contributed by atoms with Crippen molar-refractivity contribution < 1.29 is 0 Å². The van der Waals surface area contributed by atoms with E-state index in [1.165, 1.54) is 6.20 Å². The maximum absolute atomic E-state index is 5.38. The fourth-order valence-corrected chi connectivity index (χ4v) is 1.15. The number of hydrogen-bond donors (Lipinski definition) is 1. The first-order valence-corrected chi connectivity index (χ1v) is 4.41. The molecule has 1 aromatic heterocycles. The van der Waals surface area contributed by atoms with Crippen molar-refractivity contribution in [1.29, 1.82) is 0 Å². The van der Waals surface area contributed by atoms with Gasteiger partial charge in [0.05, 0.1) is 5.70 Å². The first-order chi connectivity index (χ1) is 5.77. The molecule has 0 aliphatic rings. The summed E-state index contributed by atoms with van der Waals surface area (Å²) in [7, 11) is 1.69. The topological polar surface area (TPSA) is 56.2 Å². The van der Waals surface area contributed by atoms with Gasteiger partial charge in [0.1, 0.15) is 3.70 Å². The average Bonchev–Trinajstić information content (AvgIpc) is 2.47. The van der Waals surface area contributed by atoms with Crippen molar-refractivity contribution in [2.24, 2.45) is 10.7 Å². The zero-order valence-corrected chi connectivity index (χ0v) is 8.76. The Morgan fingerprint density at radius 1 is 1.83 bits per heavy atom. The Kier molecular flexibility index (Phi) is 3.27. The molecular weight excluding hydrogens is 267 g/mol. The predicted molar refractivity (Wildman–Crippen MR) is 57.8 cm³/mol. The molecule has 0 bridgehead atoms. The van der Waals surface area contributed by atoms with Gasteiger partial charge in [0.25, 0.3) is 0 Å². The molecule has 0 unspecified atom stereocenters. The largest absolute Gasteiger partial charge is 0.403 e. The number of aromatic nitrogens is 2. The first kappa shape index (κ1) is 9.24. The lowest BCUT2D eigenvalue weighted by atomic mass is 10.5. The zero-order chi connectivity index (χ0) is 8.97. The van der Waals surface area contributed by atoms with Gasteiger partial charge in [-0.3, -0.25) is 4.99 Å². The number of nitrogens with two attached hydrogens (primary N) is 1. The van der Waals surface area contributed by atoms with Crippen molar-refractivity contribution in [3.05, 3.63) is 22.2 Å². The van der Waals surface area contributed by atoms with Crippen LogP contribution in [0.2, 0.25) is 0 Å². The molecule has 12 heavy (non-hydrogen) atoms. The van der Waals surface area contributed by atoms with Crippen LogP contribution in [0.3, 0.4) is 0 Å². The van der Waals surface area contributed by atoms with Gasteiger partial charge in [-0.1, -0.05) is 0 Å². The lowest BCUT2D eigenvalue weighted by Gasteiger charge is -1.98. The quantitative estimate of drug-likeness (QED) is 0.645. The summed E-state index contributed by atoms with van der Waals surface area (Å²) in [5.41, 5.74) is 6.15. The van der Waals surface area contributed by atoms with Gasteiger partial charge in [-0.15, -0.1) is 0 Å². The Morgan fingerprint density at radius 2 is 2.58 bits per heavy atom. The van der Waals surface area contributed by atoms with Crippen LogP contribution in [-0.2, 0) is 0 Å². The maximum Gasteiger partial charge on any atom is 0.123 e. The van der Waals surface area contributed by atoms with Crippen LogP contribution in [-0.4, -0.2) is 23.0 Å². The second-order valence-corrected chi connectivity index (χ2v) is 3.17. The molecule has 1 rings (SSSR count). The average molecular weight is 276 g/mol. The Bertz CT molecular complexity index is 313. The molecule has 0 aliphatic heterocycles. The summed E-state index contributed by atoms with van der Waals surface area (Å²) in [6, 6.07) is 1.90. The van der Waals surface area contributed by atoms with E-state index < -0.39 is 0 Å². The summed E-state index contributed by atoms with van der Waals surface area (Å²) in [6.45, 7) is 0. The lowest BCUT2D eigenvalue weighted by Crippen LogP contribution is -2.01. The second kappa shape index (κ2) is 4.24. The summed E-state index contributed by atoms with van der Waals surface area (Å²) in [5.74, 6) is 0. The molecule has 1 heterocycles. The highest BCUT2D eigenvalue weighted by Gasteiger charge is 1.97. The van der Waals surface area contributed by atoms with Crippen molar-refractivity contribution in [3.8, 4) is 0 Å². The van der Waals surface area contributed by atoms with Crippen molar-refractivity contribution in [3.63, 3.8) is 0 Å². The van der Waals surface area contributed by atoms with E-state index in [4.69, 9.17) is 5.73 Å². The number of rotatable bonds is 2. The lowest BCUT2D eigenvalue weighted by molar-refractivity contribution is 0.904. The van der Waals surface area contributed by atoms with Gasteiger partial charge in [0, 0.05) is 25.7 Å². The van der Waals surface area contributed by atoms with Gasteiger partial charge < -0.3 is 5.73 Å². The monoisotopic (exact) mass is 276 g/mol. The molecule has 0 aromatic carbocycles. The molecule has 0 amide bonds. The van der Waals surface area contributed by atoms with E-state index in [0.29, 0.717) is 0 Å². The van der Waals surface area contributed by atoms with Crippen LogP contribution in [0.25, 0.3) is 5.70 Å². The van der Waals surface area contributed by atoms with Gasteiger partial charge in [-0.05, 0) is 28.7 Å². The Hall–Kier alpha value is -0.850. The molecule has 0 saturated carbocycles. The van der Waals surface area contributed by atoms with Crippen LogP contribution in [0.15, 0.2) is 23.5 Å². The number of aliphatic imine (C=N–C) groups is 1. The smallest absolute Gasteiger partial charge is 0.123 e. The molecule has 0 aliphatic carbocycles. The normalized spacial score (nSPS) is 12.7. The third-order valence-electron chi connectivity index (χ3n) is 1.25. The molecule has 4 nitrogen and oxygen atoms in total. The summed E-state index contributed by atoms with van der Waals surface area (Å²) < 4.78 is 2.60.